The summed E-state index contributed by atoms with van der Waals surface area (Å²) in [6.07, 6.45) is 2.66. The fourth-order valence-electron chi connectivity index (χ4n) is 3.08. The molecule has 0 heterocycles. The van der Waals surface area contributed by atoms with Gasteiger partial charge in [0.2, 0.25) is 0 Å². The van der Waals surface area contributed by atoms with E-state index < -0.39 is 0 Å². The second-order valence-corrected chi connectivity index (χ2v) is 5.30. The summed E-state index contributed by atoms with van der Waals surface area (Å²) in [5, 5.41) is 0. The summed E-state index contributed by atoms with van der Waals surface area (Å²) in [5.41, 5.74) is 0. The van der Waals surface area contributed by atoms with E-state index in [2.05, 4.69) is 27.7 Å². The quantitative estimate of drug-likeness (QED) is 0.694. The van der Waals surface area contributed by atoms with Gasteiger partial charge in [-0.25, -0.2) is 0 Å². The fourth-order valence-corrected chi connectivity index (χ4v) is 3.08. The standard InChI is InChI=1S/C14H28O2/c1-5-15-9-13-8-11(3)7-12(4)14(13)10-16-6-2/h11-14H,5-10H2,1-4H3. The Bertz CT molecular complexity index is 182. The molecule has 4 atom stereocenters. The lowest BCUT2D eigenvalue weighted by Crippen LogP contribution is -2.36. The molecule has 1 fully saturated rings. The highest BCUT2D eigenvalue weighted by Crippen LogP contribution is 2.38. The maximum Gasteiger partial charge on any atom is 0.0500 e. The van der Waals surface area contributed by atoms with Crippen LogP contribution in [0.15, 0.2) is 0 Å². The van der Waals surface area contributed by atoms with Gasteiger partial charge in [-0.05, 0) is 50.4 Å². The van der Waals surface area contributed by atoms with Gasteiger partial charge in [-0.3, -0.25) is 0 Å². The lowest BCUT2D eigenvalue weighted by Gasteiger charge is -2.39. The second-order valence-electron chi connectivity index (χ2n) is 5.30. The molecule has 0 N–H and O–H groups in total. The molecule has 0 aliphatic heterocycles. The van der Waals surface area contributed by atoms with Gasteiger partial charge in [-0.2, -0.15) is 0 Å². The highest BCUT2D eigenvalue weighted by Gasteiger charge is 2.33. The number of hydrogen-bond acceptors (Lipinski definition) is 2. The number of ether oxygens (including phenoxy) is 2. The van der Waals surface area contributed by atoms with Crippen molar-refractivity contribution in [1.29, 1.82) is 0 Å². The normalized spacial score (nSPS) is 35.2. The molecule has 0 aromatic rings. The Kier molecular flexibility index (Phi) is 6.37. The van der Waals surface area contributed by atoms with Crippen molar-refractivity contribution in [2.75, 3.05) is 26.4 Å². The summed E-state index contributed by atoms with van der Waals surface area (Å²) in [4.78, 5) is 0. The second kappa shape index (κ2) is 7.29. The number of rotatable bonds is 6. The van der Waals surface area contributed by atoms with Gasteiger partial charge >= 0.3 is 0 Å². The van der Waals surface area contributed by atoms with Gasteiger partial charge in [0.25, 0.3) is 0 Å². The first-order chi connectivity index (χ1) is 7.69. The molecule has 0 spiro atoms. The highest BCUT2D eigenvalue weighted by atomic mass is 16.5. The van der Waals surface area contributed by atoms with Crippen LogP contribution < -0.4 is 0 Å². The van der Waals surface area contributed by atoms with Crippen LogP contribution in [0.5, 0.6) is 0 Å². The third-order valence-corrected chi connectivity index (χ3v) is 3.87. The van der Waals surface area contributed by atoms with E-state index in [4.69, 9.17) is 9.47 Å². The van der Waals surface area contributed by atoms with Crippen molar-refractivity contribution in [1.82, 2.24) is 0 Å². The molecule has 2 nitrogen and oxygen atoms in total. The van der Waals surface area contributed by atoms with Gasteiger partial charge in [0.15, 0.2) is 0 Å². The van der Waals surface area contributed by atoms with Gasteiger partial charge in [0.05, 0.1) is 0 Å². The highest BCUT2D eigenvalue weighted by molar-refractivity contribution is 4.83. The Hall–Kier alpha value is -0.0800. The fraction of sp³-hybridized carbons (Fsp3) is 1.00. The van der Waals surface area contributed by atoms with Crippen LogP contribution in [0, 0.1) is 23.7 Å². The Labute approximate surface area is 101 Å². The molecule has 2 heteroatoms. The van der Waals surface area contributed by atoms with Crippen LogP contribution in [0.1, 0.15) is 40.5 Å². The molecule has 1 aliphatic carbocycles. The first kappa shape index (κ1) is 14.0. The van der Waals surface area contributed by atoms with Crippen molar-refractivity contribution in [3.63, 3.8) is 0 Å². The summed E-state index contributed by atoms with van der Waals surface area (Å²) in [5.74, 6) is 3.02. The molecule has 16 heavy (non-hydrogen) atoms. The average molecular weight is 228 g/mol. The smallest absolute Gasteiger partial charge is 0.0500 e. The van der Waals surface area contributed by atoms with E-state index in [1.54, 1.807) is 0 Å². The maximum atomic E-state index is 5.63. The molecule has 1 aliphatic rings. The lowest BCUT2D eigenvalue weighted by atomic mass is 9.69. The molecule has 1 rings (SSSR count). The van der Waals surface area contributed by atoms with E-state index in [-0.39, 0.29) is 0 Å². The zero-order valence-electron chi connectivity index (χ0n) is 11.4. The third-order valence-electron chi connectivity index (χ3n) is 3.87. The Morgan fingerprint density at radius 1 is 0.938 bits per heavy atom. The van der Waals surface area contributed by atoms with Crippen LogP contribution in [0.2, 0.25) is 0 Å². The predicted octanol–water partition coefficient (Wildman–Crippen LogP) is 3.36. The zero-order valence-corrected chi connectivity index (χ0v) is 11.4. The van der Waals surface area contributed by atoms with E-state index in [0.717, 1.165) is 38.3 Å². The Balaban J connectivity index is 2.50. The van der Waals surface area contributed by atoms with E-state index in [0.29, 0.717) is 11.8 Å². The van der Waals surface area contributed by atoms with Crippen LogP contribution in [0.4, 0.5) is 0 Å². The molecular weight excluding hydrogens is 200 g/mol. The summed E-state index contributed by atoms with van der Waals surface area (Å²) < 4.78 is 11.3. The molecule has 0 aromatic heterocycles. The molecule has 0 saturated heterocycles. The Morgan fingerprint density at radius 3 is 2.19 bits per heavy atom. The van der Waals surface area contributed by atoms with Crippen molar-refractivity contribution >= 4 is 0 Å². The van der Waals surface area contributed by atoms with Crippen LogP contribution in [0.3, 0.4) is 0 Å². The summed E-state index contributed by atoms with van der Waals surface area (Å²) in [6.45, 7) is 12.4. The summed E-state index contributed by atoms with van der Waals surface area (Å²) in [7, 11) is 0. The summed E-state index contributed by atoms with van der Waals surface area (Å²) >= 11 is 0. The first-order valence-corrected chi connectivity index (χ1v) is 6.84. The Morgan fingerprint density at radius 2 is 1.56 bits per heavy atom. The lowest BCUT2D eigenvalue weighted by molar-refractivity contribution is -0.0145. The third kappa shape index (κ3) is 4.06. The molecule has 0 bridgehead atoms. The minimum Gasteiger partial charge on any atom is -0.381 e. The first-order valence-electron chi connectivity index (χ1n) is 6.84. The molecule has 1 saturated carbocycles. The van der Waals surface area contributed by atoms with Crippen molar-refractivity contribution in [2.45, 2.75) is 40.5 Å². The van der Waals surface area contributed by atoms with E-state index in [9.17, 15) is 0 Å². The van der Waals surface area contributed by atoms with Gasteiger partial charge in [-0.1, -0.05) is 13.8 Å². The molecule has 96 valence electrons. The van der Waals surface area contributed by atoms with Crippen LogP contribution in [-0.4, -0.2) is 26.4 Å². The molecule has 0 aromatic carbocycles. The van der Waals surface area contributed by atoms with Crippen molar-refractivity contribution in [2.24, 2.45) is 23.7 Å². The van der Waals surface area contributed by atoms with Gasteiger partial charge < -0.3 is 9.47 Å². The van der Waals surface area contributed by atoms with Gasteiger partial charge in [0.1, 0.15) is 0 Å². The predicted molar refractivity (Wildman–Crippen MR) is 67.5 cm³/mol. The monoisotopic (exact) mass is 228 g/mol. The molecule has 0 radical (unpaired) electrons. The van der Waals surface area contributed by atoms with E-state index in [1.165, 1.54) is 12.8 Å². The summed E-state index contributed by atoms with van der Waals surface area (Å²) in [6, 6.07) is 0. The van der Waals surface area contributed by atoms with Crippen LogP contribution in [0.25, 0.3) is 0 Å². The van der Waals surface area contributed by atoms with Gasteiger partial charge in [-0.15, -0.1) is 0 Å². The maximum absolute atomic E-state index is 5.63. The molecule has 0 amide bonds. The van der Waals surface area contributed by atoms with Crippen LogP contribution >= 0.6 is 0 Å². The topological polar surface area (TPSA) is 18.5 Å². The van der Waals surface area contributed by atoms with Gasteiger partial charge in [0, 0.05) is 26.4 Å². The molecular formula is C14H28O2. The van der Waals surface area contributed by atoms with Crippen LogP contribution in [-0.2, 0) is 9.47 Å². The SMILES string of the molecule is CCOCC1CC(C)CC(C)C1COCC. The van der Waals surface area contributed by atoms with Crippen molar-refractivity contribution < 1.29 is 9.47 Å². The molecule has 4 unspecified atom stereocenters. The minimum atomic E-state index is 0.697. The average Bonchev–Trinajstić information content (AvgIpc) is 2.24. The van der Waals surface area contributed by atoms with Crippen molar-refractivity contribution in [3.8, 4) is 0 Å². The largest absolute Gasteiger partial charge is 0.381 e. The number of hydrogen-bond donors (Lipinski definition) is 0. The van der Waals surface area contributed by atoms with E-state index in [1.807, 2.05) is 0 Å². The minimum absolute atomic E-state index is 0.697. The zero-order chi connectivity index (χ0) is 12.0. The van der Waals surface area contributed by atoms with E-state index >= 15 is 0 Å². The van der Waals surface area contributed by atoms with Crippen molar-refractivity contribution in [3.05, 3.63) is 0 Å².